The molecule has 0 radical (unpaired) electrons. The van der Waals surface area contributed by atoms with Crippen LogP contribution in [0.3, 0.4) is 0 Å². The lowest BCUT2D eigenvalue weighted by molar-refractivity contribution is 0.191. The summed E-state index contributed by atoms with van der Waals surface area (Å²) in [6.07, 6.45) is 2.47. The normalized spacial score (nSPS) is 16.2. The third-order valence-corrected chi connectivity index (χ3v) is 4.38. The first-order chi connectivity index (χ1) is 8.70. The molecule has 19 heavy (non-hydrogen) atoms. The number of nitrogens with one attached hydrogen (secondary N) is 1. The van der Waals surface area contributed by atoms with E-state index in [1.807, 2.05) is 6.07 Å². The van der Waals surface area contributed by atoms with Gasteiger partial charge in [-0.15, -0.1) is 12.4 Å². The van der Waals surface area contributed by atoms with Crippen LogP contribution >= 0.6 is 28.3 Å². The number of methoxy groups -OCH3 is 1. The van der Waals surface area contributed by atoms with Crippen LogP contribution in [0.25, 0.3) is 0 Å². The van der Waals surface area contributed by atoms with E-state index < -0.39 is 0 Å². The molecule has 1 saturated heterocycles. The van der Waals surface area contributed by atoms with Crippen molar-refractivity contribution in [2.24, 2.45) is 0 Å². The Bertz CT molecular complexity index is 397. The van der Waals surface area contributed by atoms with Crippen molar-refractivity contribution in [3.05, 3.63) is 28.2 Å². The molecule has 1 N–H and O–H groups in total. The van der Waals surface area contributed by atoms with Gasteiger partial charge in [0.1, 0.15) is 5.75 Å². The van der Waals surface area contributed by atoms with Crippen LogP contribution in [-0.4, -0.2) is 38.2 Å². The van der Waals surface area contributed by atoms with Crippen molar-refractivity contribution >= 4 is 28.3 Å². The van der Waals surface area contributed by atoms with Crippen LogP contribution in [0.4, 0.5) is 0 Å². The molecule has 1 aliphatic rings. The average Bonchev–Trinajstić information content (AvgIpc) is 2.42. The third-order valence-electron chi connectivity index (χ3n) is 3.60. The van der Waals surface area contributed by atoms with E-state index in [2.05, 4.69) is 45.3 Å². The van der Waals surface area contributed by atoms with Crippen molar-refractivity contribution in [3.8, 4) is 5.75 Å². The van der Waals surface area contributed by atoms with Gasteiger partial charge in [-0.1, -0.05) is 15.9 Å². The second-order valence-electron chi connectivity index (χ2n) is 4.85. The van der Waals surface area contributed by atoms with E-state index in [4.69, 9.17) is 4.74 Å². The van der Waals surface area contributed by atoms with Gasteiger partial charge in [-0.05, 0) is 56.7 Å². The van der Waals surface area contributed by atoms with Gasteiger partial charge in [0.05, 0.1) is 7.11 Å². The van der Waals surface area contributed by atoms with Crippen LogP contribution in [-0.2, 0) is 6.54 Å². The van der Waals surface area contributed by atoms with Crippen molar-refractivity contribution in [2.45, 2.75) is 25.4 Å². The predicted octanol–water partition coefficient (Wildman–Crippen LogP) is 3.06. The summed E-state index contributed by atoms with van der Waals surface area (Å²) < 4.78 is 6.44. The summed E-state index contributed by atoms with van der Waals surface area (Å²) in [7, 11) is 3.92. The molecule has 2 rings (SSSR count). The van der Waals surface area contributed by atoms with E-state index in [9.17, 15) is 0 Å². The molecule has 1 aromatic rings. The van der Waals surface area contributed by atoms with Crippen LogP contribution in [0.5, 0.6) is 5.75 Å². The Kier molecular flexibility index (Phi) is 7.15. The van der Waals surface area contributed by atoms with Gasteiger partial charge in [0.25, 0.3) is 0 Å². The lowest BCUT2D eigenvalue weighted by Gasteiger charge is -2.31. The van der Waals surface area contributed by atoms with Gasteiger partial charge < -0.3 is 10.1 Å². The number of hydrogen-bond donors (Lipinski definition) is 1. The van der Waals surface area contributed by atoms with Gasteiger partial charge in [0.15, 0.2) is 0 Å². The highest BCUT2D eigenvalue weighted by Crippen LogP contribution is 2.24. The molecule has 0 aliphatic carbocycles. The van der Waals surface area contributed by atoms with Gasteiger partial charge in [0.2, 0.25) is 0 Å². The maximum Gasteiger partial charge on any atom is 0.119 e. The first-order valence-electron chi connectivity index (χ1n) is 6.44. The first kappa shape index (κ1) is 16.8. The van der Waals surface area contributed by atoms with Crippen molar-refractivity contribution in [1.29, 1.82) is 0 Å². The van der Waals surface area contributed by atoms with E-state index in [-0.39, 0.29) is 12.4 Å². The molecule has 0 bridgehead atoms. The Labute approximate surface area is 130 Å². The molecular weight excluding hydrogens is 328 g/mol. The van der Waals surface area contributed by atoms with Crippen LogP contribution in [0.2, 0.25) is 0 Å². The van der Waals surface area contributed by atoms with Gasteiger partial charge in [-0.3, -0.25) is 4.90 Å². The minimum atomic E-state index is 0. The topological polar surface area (TPSA) is 24.5 Å². The zero-order valence-corrected chi connectivity index (χ0v) is 13.9. The van der Waals surface area contributed by atoms with Gasteiger partial charge in [-0.2, -0.15) is 0 Å². The molecule has 108 valence electrons. The largest absolute Gasteiger partial charge is 0.497 e. The molecular formula is C14H22BrClN2O. The number of rotatable bonds is 4. The highest BCUT2D eigenvalue weighted by molar-refractivity contribution is 9.10. The highest BCUT2D eigenvalue weighted by Gasteiger charge is 2.18. The van der Waals surface area contributed by atoms with E-state index in [0.29, 0.717) is 6.04 Å². The number of hydrogen-bond acceptors (Lipinski definition) is 3. The number of ether oxygens (including phenoxy) is 1. The molecule has 0 saturated carbocycles. The predicted molar refractivity (Wildman–Crippen MR) is 85.3 cm³/mol. The molecule has 5 heteroatoms. The Balaban J connectivity index is 0.00000180. The Hall–Kier alpha value is -0.290. The zero-order valence-electron chi connectivity index (χ0n) is 11.5. The average molecular weight is 350 g/mol. The molecule has 0 amide bonds. The summed E-state index contributed by atoms with van der Waals surface area (Å²) in [5, 5.41) is 3.41. The Morgan fingerprint density at radius 3 is 2.68 bits per heavy atom. The monoisotopic (exact) mass is 348 g/mol. The second kappa shape index (κ2) is 8.10. The molecule has 3 nitrogen and oxygen atoms in total. The van der Waals surface area contributed by atoms with E-state index in [1.165, 1.54) is 18.4 Å². The summed E-state index contributed by atoms with van der Waals surface area (Å²) in [6.45, 7) is 3.23. The second-order valence-corrected chi connectivity index (χ2v) is 5.71. The number of piperidine rings is 1. The fourth-order valence-corrected chi connectivity index (χ4v) is 2.82. The highest BCUT2D eigenvalue weighted by atomic mass is 79.9. The molecule has 0 aromatic heterocycles. The van der Waals surface area contributed by atoms with Crippen LogP contribution < -0.4 is 10.1 Å². The first-order valence-corrected chi connectivity index (χ1v) is 7.23. The van der Waals surface area contributed by atoms with Crippen LogP contribution in [0.1, 0.15) is 18.4 Å². The molecule has 0 atom stereocenters. The summed E-state index contributed by atoms with van der Waals surface area (Å²) in [5.74, 6) is 0.923. The molecule has 1 fully saturated rings. The molecule has 0 unspecified atom stereocenters. The smallest absolute Gasteiger partial charge is 0.119 e. The quantitative estimate of drug-likeness (QED) is 0.904. The van der Waals surface area contributed by atoms with Crippen LogP contribution in [0.15, 0.2) is 22.7 Å². The maximum absolute atomic E-state index is 5.29. The van der Waals surface area contributed by atoms with E-state index in [0.717, 1.165) is 29.9 Å². The fraction of sp³-hybridized carbons (Fsp3) is 0.571. The maximum atomic E-state index is 5.29. The molecule has 0 spiro atoms. The molecule has 1 aromatic carbocycles. The number of benzene rings is 1. The van der Waals surface area contributed by atoms with E-state index >= 15 is 0 Å². The lowest BCUT2D eigenvalue weighted by Crippen LogP contribution is -2.40. The molecule has 1 heterocycles. The SMILES string of the molecule is COc1ccc(Br)c(CN(C)C2CCNCC2)c1.Cl. The standard InChI is InChI=1S/C14H21BrN2O.ClH/c1-17(12-5-7-16-8-6-12)10-11-9-13(18-2)3-4-14(11)15;/h3-4,9,12,16H,5-8,10H2,1-2H3;1H. The Morgan fingerprint density at radius 1 is 1.37 bits per heavy atom. The van der Waals surface area contributed by atoms with Gasteiger partial charge in [-0.25, -0.2) is 0 Å². The van der Waals surface area contributed by atoms with Crippen molar-refractivity contribution in [3.63, 3.8) is 0 Å². The van der Waals surface area contributed by atoms with Gasteiger partial charge >= 0.3 is 0 Å². The Morgan fingerprint density at radius 2 is 2.05 bits per heavy atom. The lowest BCUT2D eigenvalue weighted by atomic mass is 10.0. The van der Waals surface area contributed by atoms with Crippen molar-refractivity contribution < 1.29 is 4.74 Å². The minimum Gasteiger partial charge on any atom is -0.497 e. The number of nitrogens with zero attached hydrogens (tertiary/aromatic N) is 1. The van der Waals surface area contributed by atoms with Crippen molar-refractivity contribution in [1.82, 2.24) is 10.2 Å². The summed E-state index contributed by atoms with van der Waals surface area (Å²) in [6, 6.07) is 6.84. The zero-order chi connectivity index (χ0) is 13.0. The summed E-state index contributed by atoms with van der Waals surface area (Å²) in [5.41, 5.74) is 1.29. The fourth-order valence-electron chi connectivity index (χ4n) is 2.44. The van der Waals surface area contributed by atoms with Crippen LogP contribution in [0, 0.1) is 0 Å². The minimum absolute atomic E-state index is 0. The third kappa shape index (κ3) is 4.63. The van der Waals surface area contributed by atoms with Gasteiger partial charge in [0, 0.05) is 17.1 Å². The van der Waals surface area contributed by atoms with E-state index in [1.54, 1.807) is 7.11 Å². The molecule has 1 aliphatic heterocycles. The van der Waals surface area contributed by atoms with Crippen molar-refractivity contribution in [2.75, 3.05) is 27.2 Å². The number of halogens is 2. The summed E-state index contributed by atoms with van der Waals surface area (Å²) >= 11 is 3.62. The summed E-state index contributed by atoms with van der Waals surface area (Å²) in [4.78, 5) is 2.44.